The van der Waals surface area contributed by atoms with Crippen molar-refractivity contribution in [2.75, 3.05) is 13.1 Å². The van der Waals surface area contributed by atoms with Crippen molar-refractivity contribution in [1.82, 2.24) is 14.2 Å². The second-order valence-corrected chi connectivity index (χ2v) is 10.1. The van der Waals surface area contributed by atoms with Crippen molar-refractivity contribution in [2.24, 2.45) is 5.73 Å². The molecule has 11 heteroatoms. The van der Waals surface area contributed by atoms with Gasteiger partial charge in [-0.15, -0.1) is 0 Å². The number of nitrogens with zero attached hydrogens (tertiary/aromatic N) is 3. The first-order chi connectivity index (χ1) is 15.7. The number of pyridine rings is 1. The van der Waals surface area contributed by atoms with E-state index in [1.807, 2.05) is 0 Å². The maximum Gasteiger partial charge on any atom is 0.252 e. The molecule has 0 radical (unpaired) electrons. The number of aromatic nitrogens is 1. The summed E-state index contributed by atoms with van der Waals surface area (Å²) < 4.78 is 40.3. The highest BCUT2D eigenvalue weighted by Gasteiger charge is 2.68. The predicted molar refractivity (Wildman–Crippen MR) is 115 cm³/mol. The van der Waals surface area contributed by atoms with Crippen molar-refractivity contribution in [2.45, 2.75) is 36.6 Å². The number of nitrogens with two attached hydrogens (primary N) is 1. The van der Waals surface area contributed by atoms with Gasteiger partial charge in [-0.3, -0.25) is 19.4 Å². The molecule has 0 aliphatic carbocycles. The van der Waals surface area contributed by atoms with Crippen LogP contribution in [0.3, 0.4) is 0 Å². The number of halogens is 1. The van der Waals surface area contributed by atoms with Crippen LogP contribution in [0.4, 0.5) is 4.39 Å². The van der Waals surface area contributed by atoms with Crippen molar-refractivity contribution in [3.8, 4) is 0 Å². The lowest BCUT2D eigenvalue weighted by Gasteiger charge is -2.34. The highest BCUT2D eigenvalue weighted by Crippen LogP contribution is 2.41. The Labute approximate surface area is 190 Å². The van der Waals surface area contributed by atoms with Gasteiger partial charge in [0.2, 0.25) is 15.9 Å². The number of hydrogen-bond acceptors (Lipinski definition) is 6. The van der Waals surface area contributed by atoms with E-state index in [-0.39, 0.29) is 25.8 Å². The minimum absolute atomic E-state index is 0.0250. The molecule has 4 rings (SSSR count). The standard InChI is InChI=1S/C22H23FN4O5S/c23-16-7-4-15(5-8-16)6-9-20(29)26-12-10-18-22(26,21(24)30)19(28)13-27(18)33(31,32)14-17-3-1-2-11-25-17/h1-5,7-8,11,18H,6,9-10,12-14H2,(H2,24,30). The number of benzene rings is 1. The van der Waals surface area contributed by atoms with Crippen molar-refractivity contribution < 1.29 is 27.2 Å². The van der Waals surface area contributed by atoms with Crippen LogP contribution >= 0.6 is 0 Å². The van der Waals surface area contributed by atoms with E-state index in [2.05, 4.69) is 4.98 Å². The molecule has 0 saturated carbocycles. The number of primary amides is 1. The van der Waals surface area contributed by atoms with Crippen LogP contribution in [0.2, 0.25) is 0 Å². The van der Waals surface area contributed by atoms with E-state index in [4.69, 9.17) is 5.73 Å². The molecular formula is C22H23FN4O5S. The fourth-order valence-corrected chi connectivity index (χ4v) is 6.39. The fourth-order valence-electron chi connectivity index (χ4n) is 4.72. The number of Topliss-reactive ketones (excluding diaryl/α,β-unsaturated/α-hetero) is 1. The number of sulfonamides is 1. The van der Waals surface area contributed by atoms with Crippen LogP contribution in [0.25, 0.3) is 0 Å². The third kappa shape index (κ3) is 4.02. The number of likely N-dealkylation sites (tertiary alicyclic amines) is 1. The summed E-state index contributed by atoms with van der Waals surface area (Å²) in [5.74, 6) is -3.08. The Hall–Kier alpha value is -3.18. The van der Waals surface area contributed by atoms with E-state index < -0.39 is 57.3 Å². The molecular weight excluding hydrogens is 451 g/mol. The van der Waals surface area contributed by atoms with Gasteiger partial charge in [-0.1, -0.05) is 18.2 Å². The Morgan fingerprint density at radius 3 is 2.55 bits per heavy atom. The van der Waals surface area contributed by atoms with E-state index in [1.54, 1.807) is 30.3 Å². The molecule has 9 nitrogen and oxygen atoms in total. The van der Waals surface area contributed by atoms with Gasteiger partial charge in [0, 0.05) is 19.2 Å². The monoisotopic (exact) mass is 474 g/mol. The fraction of sp³-hybridized carbons (Fsp3) is 0.364. The first kappa shape index (κ1) is 23.0. The van der Waals surface area contributed by atoms with Gasteiger partial charge in [-0.2, -0.15) is 4.31 Å². The summed E-state index contributed by atoms with van der Waals surface area (Å²) >= 11 is 0. The third-order valence-corrected chi connectivity index (χ3v) is 8.00. The Morgan fingerprint density at radius 2 is 1.91 bits per heavy atom. The lowest BCUT2D eigenvalue weighted by Crippen LogP contribution is -2.64. The Bertz CT molecular complexity index is 1190. The van der Waals surface area contributed by atoms with Gasteiger partial charge in [0.15, 0.2) is 11.3 Å². The molecule has 2 aliphatic rings. The van der Waals surface area contributed by atoms with Gasteiger partial charge in [0.05, 0.1) is 18.3 Å². The van der Waals surface area contributed by atoms with Crippen LogP contribution in [0.15, 0.2) is 48.7 Å². The lowest BCUT2D eigenvalue weighted by atomic mass is 9.89. The van der Waals surface area contributed by atoms with Crippen LogP contribution in [-0.2, 0) is 36.6 Å². The van der Waals surface area contributed by atoms with Crippen LogP contribution in [0.1, 0.15) is 24.1 Å². The van der Waals surface area contributed by atoms with Crippen molar-refractivity contribution in [3.63, 3.8) is 0 Å². The summed E-state index contributed by atoms with van der Waals surface area (Å²) in [5.41, 5.74) is 4.63. The summed E-state index contributed by atoms with van der Waals surface area (Å²) in [4.78, 5) is 43.9. The quantitative estimate of drug-likeness (QED) is 0.578. The molecule has 2 amide bonds. The van der Waals surface area contributed by atoms with Gasteiger partial charge in [-0.05, 0) is 42.7 Å². The second-order valence-electron chi connectivity index (χ2n) is 8.15. The van der Waals surface area contributed by atoms with Crippen LogP contribution in [0, 0.1) is 5.82 Å². The van der Waals surface area contributed by atoms with Gasteiger partial charge in [-0.25, -0.2) is 12.8 Å². The van der Waals surface area contributed by atoms with E-state index >= 15 is 0 Å². The average Bonchev–Trinajstić information content (AvgIpc) is 3.31. The number of aryl methyl sites for hydroxylation is 1. The molecule has 33 heavy (non-hydrogen) atoms. The van der Waals surface area contributed by atoms with Gasteiger partial charge in [0.1, 0.15) is 11.6 Å². The van der Waals surface area contributed by atoms with Crippen LogP contribution in [-0.4, -0.2) is 64.9 Å². The zero-order valence-electron chi connectivity index (χ0n) is 17.7. The smallest absolute Gasteiger partial charge is 0.252 e. The minimum atomic E-state index is -4.01. The topological polar surface area (TPSA) is 131 Å². The zero-order chi connectivity index (χ0) is 23.8. The summed E-state index contributed by atoms with van der Waals surface area (Å²) in [5, 5.41) is 0. The Morgan fingerprint density at radius 1 is 1.18 bits per heavy atom. The molecule has 2 aromatic rings. The maximum atomic E-state index is 13.1. The normalized spacial score (nSPS) is 23.0. The minimum Gasteiger partial charge on any atom is -0.367 e. The lowest BCUT2D eigenvalue weighted by molar-refractivity contribution is -0.149. The van der Waals surface area contributed by atoms with Crippen LogP contribution in [0.5, 0.6) is 0 Å². The van der Waals surface area contributed by atoms with E-state index in [9.17, 15) is 27.2 Å². The number of hydrogen-bond donors (Lipinski definition) is 1. The van der Waals surface area contributed by atoms with E-state index in [1.165, 1.54) is 18.3 Å². The molecule has 2 aliphatic heterocycles. The highest BCUT2D eigenvalue weighted by molar-refractivity contribution is 7.88. The molecule has 3 heterocycles. The van der Waals surface area contributed by atoms with Crippen molar-refractivity contribution in [3.05, 3.63) is 65.7 Å². The number of carbonyl (C=O) groups excluding carboxylic acids is 3. The maximum absolute atomic E-state index is 13.1. The van der Waals surface area contributed by atoms with E-state index in [0.717, 1.165) is 9.21 Å². The van der Waals surface area contributed by atoms with E-state index in [0.29, 0.717) is 11.3 Å². The summed E-state index contributed by atoms with van der Waals surface area (Å²) in [6.07, 6.45) is 1.80. The van der Waals surface area contributed by atoms with Gasteiger partial charge in [0.25, 0.3) is 5.91 Å². The molecule has 0 bridgehead atoms. The second kappa shape index (κ2) is 8.64. The molecule has 2 atom stereocenters. The Balaban J connectivity index is 1.57. The summed E-state index contributed by atoms with van der Waals surface area (Å²) in [6, 6.07) is 9.45. The first-order valence-corrected chi connectivity index (χ1v) is 12.0. The number of fused-ring (bicyclic) bond motifs is 1. The Kier molecular flexibility index (Phi) is 6.02. The molecule has 2 N–H and O–H groups in total. The van der Waals surface area contributed by atoms with Crippen LogP contribution < -0.4 is 5.73 Å². The molecule has 2 saturated heterocycles. The first-order valence-electron chi connectivity index (χ1n) is 10.4. The molecule has 1 aromatic carbocycles. The molecule has 2 fully saturated rings. The molecule has 2 unspecified atom stereocenters. The SMILES string of the molecule is NC(=O)C12C(=O)CN(S(=O)(=O)Cc3ccccn3)C1CCN2C(=O)CCc1ccc(F)cc1. The highest BCUT2D eigenvalue weighted by atomic mass is 32.2. The molecule has 0 spiro atoms. The number of rotatable bonds is 7. The molecule has 1 aromatic heterocycles. The van der Waals surface area contributed by atoms with Gasteiger partial charge >= 0.3 is 0 Å². The molecule has 174 valence electrons. The number of ketones is 1. The van der Waals surface area contributed by atoms with Crippen molar-refractivity contribution in [1.29, 1.82) is 0 Å². The largest absolute Gasteiger partial charge is 0.367 e. The summed E-state index contributed by atoms with van der Waals surface area (Å²) in [6.45, 7) is -0.512. The van der Waals surface area contributed by atoms with Crippen molar-refractivity contribution >= 4 is 27.6 Å². The average molecular weight is 475 g/mol. The number of carbonyl (C=O) groups is 3. The predicted octanol–water partition coefficient (Wildman–Crippen LogP) is 0.393. The number of amides is 2. The third-order valence-electron chi connectivity index (χ3n) is 6.24. The summed E-state index contributed by atoms with van der Waals surface area (Å²) in [7, 11) is -4.01. The zero-order valence-corrected chi connectivity index (χ0v) is 18.5. The van der Waals surface area contributed by atoms with Gasteiger partial charge < -0.3 is 10.6 Å².